The molecule has 1 unspecified atom stereocenters. The SMILES string of the molecule is Cc1cccc(C(=O)N2CCC(CCOc3ccccc3F)C2)c1. The largest absolute Gasteiger partial charge is 0.491 e. The average Bonchev–Trinajstić information content (AvgIpc) is 3.05. The van der Waals surface area contributed by atoms with Gasteiger partial charge in [-0.15, -0.1) is 0 Å². The fraction of sp³-hybridized carbons (Fsp3) is 0.350. The van der Waals surface area contributed by atoms with Crippen LogP contribution in [0, 0.1) is 18.7 Å². The normalized spacial score (nSPS) is 17.1. The van der Waals surface area contributed by atoms with Gasteiger partial charge in [-0.25, -0.2) is 4.39 Å². The Balaban J connectivity index is 1.49. The number of halogens is 1. The summed E-state index contributed by atoms with van der Waals surface area (Å²) in [4.78, 5) is 14.4. The van der Waals surface area contributed by atoms with Crippen LogP contribution in [0.1, 0.15) is 28.8 Å². The maximum atomic E-state index is 13.5. The van der Waals surface area contributed by atoms with Gasteiger partial charge in [-0.1, -0.05) is 29.8 Å². The van der Waals surface area contributed by atoms with Crippen molar-refractivity contribution in [2.45, 2.75) is 19.8 Å². The number of carbonyl (C=O) groups excluding carboxylic acids is 1. The molecule has 0 aromatic heterocycles. The molecule has 1 heterocycles. The lowest BCUT2D eigenvalue weighted by Gasteiger charge is -2.17. The molecular weight excluding hydrogens is 305 g/mol. The number of rotatable bonds is 5. The van der Waals surface area contributed by atoms with Gasteiger partial charge in [-0.3, -0.25) is 4.79 Å². The zero-order valence-corrected chi connectivity index (χ0v) is 13.9. The minimum atomic E-state index is -0.333. The second-order valence-electron chi connectivity index (χ2n) is 6.34. The first-order valence-corrected chi connectivity index (χ1v) is 8.37. The van der Waals surface area contributed by atoms with Crippen molar-refractivity contribution in [1.29, 1.82) is 0 Å². The fourth-order valence-corrected chi connectivity index (χ4v) is 3.11. The van der Waals surface area contributed by atoms with Crippen molar-refractivity contribution >= 4 is 5.91 Å². The number of aryl methyl sites for hydroxylation is 1. The molecule has 1 aliphatic rings. The zero-order chi connectivity index (χ0) is 16.9. The molecular formula is C20H22FNO2. The number of likely N-dealkylation sites (tertiary alicyclic amines) is 1. The first-order chi connectivity index (χ1) is 11.6. The van der Waals surface area contributed by atoms with E-state index in [4.69, 9.17) is 4.74 Å². The first kappa shape index (κ1) is 16.5. The number of carbonyl (C=O) groups is 1. The molecule has 0 radical (unpaired) electrons. The van der Waals surface area contributed by atoms with Gasteiger partial charge in [-0.2, -0.15) is 0 Å². The van der Waals surface area contributed by atoms with Gasteiger partial charge in [0.2, 0.25) is 0 Å². The van der Waals surface area contributed by atoms with Crippen molar-refractivity contribution in [3.8, 4) is 5.75 Å². The Morgan fingerprint density at radius 1 is 1.25 bits per heavy atom. The van der Waals surface area contributed by atoms with E-state index >= 15 is 0 Å². The first-order valence-electron chi connectivity index (χ1n) is 8.37. The van der Waals surface area contributed by atoms with E-state index in [0.29, 0.717) is 18.3 Å². The Kier molecular flexibility index (Phi) is 5.14. The summed E-state index contributed by atoms with van der Waals surface area (Å²) in [6.45, 7) is 3.98. The fourth-order valence-electron chi connectivity index (χ4n) is 3.11. The highest BCUT2D eigenvalue weighted by molar-refractivity contribution is 5.94. The van der Waals surface area contributed by atoms with E-state index in [1.165, 1.54) is 6.07 Å². The van der Waals surface area contributed by atoms with Crippen molar-refractivity contribution in [3.63, 3.8) is 0 Å². The molecule has 0 spiro atoms. The van der Waals surface area contributed by atoms with E-state index in [0.717, 1.165) is 37.1 Å². The van der Waals surface area contributed by atoms with E-state index in [1.54, 1.807) is 18.2 Å². The van der Waals surface area contributed by atoms with Gasteiger partial charge in [0.1, 0.15) is 0 Å². The monoisotopic (exact) mass is 327 g/mol. The van der Waals surface area contributed by atoms with Crippen LogP contribution >= 0.6 is 0 Å². The summed E-state index contributed by atoms with van der Waals surface area (Å²) in [5, 5.41) is 0. The zero-order valence-electron chi connectivity index (χ0n) is 13.9. The van der Waals surface area contributed by atoms with E-state index < -0.39 is 0 Å². The molecule has 24 heavy (non-hydrogen) atoms. The van der Waals surface area contributed by atoms with Gasteiger partial charge in [-0.05, 0) is 49.9 Å². The third-order valence-electron chi connectivity index (χ3n) is 4.46. The molecule has 2 aromatic carbocycles. The van der Waals surface area contributed by atoms with Crippen LogP contribution in [0.25, 0.3) is 0 Å². The number of ether oxygens (including phenoxy) is 1. The van der Waals surface area contributed by atoms with Crippen molar-refractivity contribution in [1.82, 2.24) is 4.90 Å². The Hall–Kier alpha value is -2.36. The lowest BCUT2D eigenvalue weighted by atomic mass is 10.1. The number of nitrogens with zero attached hydrogens (tertiary/aromatic N) is 1. The summed E-state index contributed by atoms with van der Waals surface area (Å²) < 4.78 is 19.0. The third kappa shape index (κ3) is 3.94. The van der Waals surface area contributed by atoms with Crippen LogP contribution in [0.15, 0.2) is 48.5 Å². The van der Waals surface area contributed by atoms with Gasteiger partial charge in [0, 0.05) is 18.7 Å². The standard InChI is InChI=1S/C20H22FNO2/c1-15-5-4-6-17(13-15)20(23)22-11-9-16(14-22)10-12-24-19-8-3-2-7-18(19)21/h2-8,13,16H,9-12,14H2,1H3. The molecule has 1 atom stereocenters. The molecule has 1 aliphatic heterocycles. The highest BCUT2D eigenvalue weighted by Crippen LogP contribution is 2.23. The van der Waals surface area contributed by atoms with Crippen LogP contribution in [-0.4, -0.2) is 30.5 Å². The Morgan fingerprint density at radius 3 is 2.88 bits per heavy atom. The minimum Gasteiger partial charge on any atom is -0.491 e. The summed E-state index contributed by atoms with van der Waals surface area (Å²) in [6.07, 6.45) is 1.80. The number of hydrogen-bond acceptors (Lipinski definition) is 2. The lowest BCUT2D eigenvalue weighted by Crippen LogP contribution is -2.28. The summed E-state index contributed by atoms with van der Waals surface area (Å²) in [5.74, 6) is 0.463. The molecule has 1 saturated heterocycles. The molecule has 4 heteroatoms. The van der Waals surface area contributed by atoms with E-state index in [1.807, 2.05) is 36.1 Å². The smallest absolute Gasteiger partial charge is 0.253 e. The number of para-hydroxylation sites is 1. The van der Waals surface area contributed by atoms with E-state index in [-0.39, 0.29) is 11.7 Å². The Bertz CT molecular complexity index is 716. The van der Waals surface area contributed by atoms with Crippen LogP contribution in [0.4, 0.5) is 4.39 Å². The van der Waals surface area contributed by atoms with Gasteiger partial charge in [0.05, 0.1) is 6.61 Å². The molecule has 3 nitrogen and oxygen atoms in total. The van der Waals surface area contributed by atoms with Crippen molar-refractivity contribution < 1.29 is 13.9 Å². The topological polar surface area (TPSA) is 29.5 Å². The van der Waals surface area contributed by atoms with E-state index in [2.05, 4.69) is 0 Å². The summed E-state index contributed by atoms with van der Waals surface area (Å²) in [5.41, 5.74) is 1.84. The third-order valence-corrected chi connectivity index (χ3v) is 4.46. The number of amides is 1. The summed E-state index contributed by atoms with van der Waals surface area (Å²) in [6, 6.07) is 14.1. The second kappa shape index (κ2) is 7.47. The number of benzene rings is 2. The Labute approximate surface area is 142 Å². The highest BCUT2D eigenvalue weighted by atomic mass is 19.1. The quantitative estimate of drug-likeness (QED) is 0.828. The van der Waals surface area contributed by atoms with Crippen LogP contribution in [0.3, 0.4) is 0 Å². The predicted molar refractivity (Wildman–Crippen MR) is 91.7 cm³/mol. The van der Waals surface area contributed by atoms with Crippen molar-refractivity contribution in [2.75, 3.05) is 19.7 Å². The van der Waals surface area contributed by atoms with Crippen molar-refractivity contribution in [3.05, 3.63) is 65.5 Å². The summed E-state index contributed by atoms with van der Waals surface area (Å²) in [7, 11) is 0. The van der Waals surface area contributed by atoms with E-state index in [9.17, 15) is 9.18 Å². The Morgan fingerprint density at radius 2 is 2.08 bits per heavy atom. The van der Waals surface area contributed by atoms with Crippen molar-refractivity contribution in [2.24, 2.45) is 5.92 Å². The lowest BCUT2D eigenvalue weighted by molar-refractivity contribution is 0.0785. The second-order valence-corrected chi connectivity index (χ2v) is 6.34. The molecule has 0 saturated carbocycles. The maximum absolute atomic E-state index is 13.5. The van der Waals surface area contributed by atoms with Gasteiger partial charge in [0.15, 0.2) is 11.6 Å². The van der Waals surface area contributed by atoms with Gasteiger partial charge < -0.3 is 9.64 Å². The van der Waals surface area contributed by atoms with Gasteiger partial charge >= 0.3 is 0 Å². The average molecular weight is 327 g/mol. The van der Waals surface area contributed by atoms with Crippen LogP contribution in [0.2, 0.25) is 0 Å². The van der Waals surface area contributed by atoms with Crippen LogP contribution in [0.5, 0.6) is 5.75 Å². The molecule has 126 valence electrons. The molecule has 0 bridgehead atoms. The highest BCUT2D eigenvalue weighted by Gasteiger charge is 2.26. The molecule has 0 N–H and O–H groups in total. The maximum Gasteiger partial charge on any atom is 0.253 e. The van der Waals surface area contributed by atoms with Crippen LogP contribution < -0.4 is 4.74 Å². The summed E-state index contributed by atoms with van der Waals surface area (Å²) >= 11 is 0. The molecule has 1 fully saturated rings. The molecule has 3 rings (SSSR count). The molecule has 2 aromatic rings. The number of hydrogen-bond donors (Lipinski definition) is 0. The molecule has 1 amide bonds. The predicted octanol–water partition coefficient (Wildman–Crippen LogP) is 4.07. The van der Waals surface area contributed by atoms with Crippen LogP contribution in [-0.2, 0) is 0 Å². The minimum absolute atomic E-state index is 0.0937. The van der Waals surface area contributed by atoms with Gasteiger partial charge in [0.25, 0.3) is 5.91 Å². The molecule has 0 aliphatic carbocycles.